The van der Waals surface area contributed by atoms with E-state index in [2.05, 4.69) is 6.58 Å². The molecule has 0 aliphatic heterocycles. The first-order valence-corrected chi connectivity index (χ1v) is 5.88. The molecule has 0 spiro atoms. The fourth-order valence-corrected chi connectivity index (χ4v) is 0.948. The third-order valence-electron chi connectivity index (χ3n) is 2.00. The summed E-state index contributed by atoms with van der Waals surface area (Å²) in [4.78, 5) is 0. The van der Waals surface area contributed by atoms with Crippen LogP contribution >= 0.6 is 0 Å². The number of rotatable bonds is 4. The summed E-state index contributed by atoms with van der Waals surface area (Å²) in [6.45, 7) is 3.12. The summed E-state index contributed by atoms with van der Waals surface area (Å²) in [5.74, 6) is 0. The SMILES string of the molecule is C.C.C.C.C.C=CC#N.N#CCC#N.N#CCCC(C#N)(C#N)CCC#N. The van der Waals surface area contributed by atoms with Gasteiger partial charge in [0.15, 0.2) is 0 Å². The highest BCUT2D eigenvalue weighted by atomic mass is 14.4. The van der Waals surface area contributed by atoms with Gasteiger partial charge in [-0.3, -0.25) is 0 Å². The summed E-state index contributed by atoms with van der Waals surface area (Å²) in [7, 11) is 0. The molecular formula is C20H33N7. The van der Waals surface area contributed by atoms with E-state index in [1.807, 2.05) is 24.3 Å². The van der Waals surface area contributed by atoms with Crippen molar-refractivity contribution >= 4 is 0 Å². The molecule has 0 aromatic rings. The van der Waals surface area contributed by atoms with Gasteiger partial charge in [0.25, 0.3) is 0 Å². The number of hydrogen-bond acceptors (Lipinski definition) is 7. The molecule has 0 aliphatic carbocycles. The van der Waals surface area contributed by atoms with Gasteiger partial charge in [-0.15, -0.1) is 0 Å². The highest BCUT2D eigenvalue weighted by Crippen LogP contribution is 2.27. The third-order valence-corrected chi connectivity index (χ3v) is 2.00. The van der Waals surface area contributed by atoms with Crippen molar-refractivity contribution in [3.63, 3.8) is 0 Å². The van der Waals surface area contributed by atoms with Crippen molar-refractivity contribution in [3.8, 4) is 42.5 Å². The maximum Gasteiger partial charge on any atom is 0.145 e. The largest absolute Gasteiger partial charge is 0.198 e. The van der Waals surface area contributed by atoms with Gasteiger partial charge in [-0.05, 0) is 12.8 Å². The van der Waals surface area contributed by atoms with Crippen molar-refractivity contribution in [2.75, 3.05) is 0 Å². The topological polar surface area (TPSA) is 167 Å². The molecule has 0 atom stereocenters. The number of allylic oxidation sites excluding steroid dienone is 1. The van der Waals surface area contributed by atoms with Crippen LogP contribution in [0.4, 0.5) is 0 Å². The van der Waals surface area contributed by atoms with Gasteiger partial charge in [0.05, 0.1) is 42.5 Å². The van der Waals surface area contributed by atoms with Gasteiger partial charge in [-0.1, -0.05) is 43.7 Å². The van der Waals surface area contributed by atoms with Gasteiger partial charge < -0.3 is 0 Å². The standard InChI is InChI=1S/C9H8N4.C3H2N2.C3H3N.5CH4/c10-5-1-3-9(7-12,8-13)4-2-6-11;4-2-1-3-5;1-2-3-4;;;;;/h1-4H2;1H2;2H,1H2;5*1H4. The predicted molar refractivity (Wildman–Crippen MR) is 109 cm³/mol. The second-order valence-corrected chi connectivity index (χ2v) is 3.45. The molecule has 0 amide bonds. The molecule has 0 bridgehead atoms. The summed E-state index contributed by atoms with van der Waals surface area (Å²) in [6.07, 6.45) is 1.97. The Morgan fingerprint density at radius 3 is 1.04 bits per heavy atom. The average molecular weight is 372 g/mol. The molecule has 0 radical (unpaired) electrons. The Labute approximate surface area is 167 Å². The molecule has 7 heteroatoms. The van der Waals surface area contributed by atoms with Crippen LogP contribution in [0.15, 0.2) is 12.7 Å². The van der Waals surface area contributed by atoms with Crippen LogP contribution in [0.5, 0.6) is 0 Å². The van der Waals surface area contributed by atoms with Crippen LogP contribution in [0, 0.1) is 84.7 Å². The Hall–Kier alpha value is -3.83. The van der Waals surface area contributed by atoms with Gasteiger partial charge in [-0.2, -0.15) is 36.8 Å². The summed E-state index contributed by atoms with van der Waals surface area (Å²) in [5.41, 5.74) is -1.15. The molecular weight excluding hydrogens is 338 g/mol. The quantitative estimate of drug-likeness (QED) is 0.551. The van der Waals surface area contributed by atoms with E-state index in [4.69, 9.17) is 36.8 Å². The monoisotopic (exact) mass is 371 g/mol. The Balaban J connectivity index is -0.0000000370. The van der Waals surface area contributed by atoms with Gasteiger partial charge in [-0.25, -0.2) is 0 Å². The Morgan fingerprint density at radius 1 is 0.630 bits per heavy atom. The number of nitriles is 7. The van der Waals surface area contributed by atoms with E-state index in [9.17, 15) is 0 Å². The van der Waals surface area contributed by atoms with Crippen LogP contribution in [0.1, 0.15) is 69.2 Å². The van der Waals surface area contributed by atoms with Crippen molar-refractivity contribution < 1.29 is 0 Å². The van der Waals surface area contributed by atoms with E-state index >= 15 is 0 Å². The van der Waals surface area contributed by atoms with Gasteiger partial charge in [0.1, 0.15) is 11.8 Å². The zero-order valence-corrected chi connectivity index (χ0v) is 12.0. The van der Waals surface area contributed by atoms with Crippen molar-refractivity contribution in [3.05, 3.63) is 12.7 Å². The highest BCUT2D eigenvalue weighted by molar-refractivity contribution is 5.14. The zero-order valence-electron chi connectivity index (χ0n) is 12.0. The molecule has 0 aromatic heterocycles. The van der Waals surface area contributed by atoms with Gasteiger partial charge in [0, 0.05) is 18.9 Å². The molecule has 0 saturated carbocycles. The first-order valence-electron chi connectivity index (χ1n) is 5.88. The zero-order chi connectivity index (χ0) is 17.7. The number of hydrogen-bond donors (Lipinski definition) is 0. The molecule has 7 nitrogen and oxygen atoms in total. The molecule has 0 saturated heterocycles. The predicted octanol–water partition coefficient (Wildman–Crippen LogP) is 5.93. The van der Waals surface area contributed by atoms with E-state index in [1.165, 1.54) is 6.08 Å². The fraction of sp³-hybridized carbons (Fsp3) is 0.550. The smallest absolute Gasteiger partial charge is 0.145 e. The molecule has 0 fully saturated rings. The average Bonchev–Trinajstić information content (AvgIpc) is 2.57. The summed E-state index contributed by atoms with van der Waals surface area (Å²) >= 11 is 0. The Kier molecular flexibility index (Phi) is 79.1. The second kappa shape index (κ2) is 43.2. The summed E-state index contributed by atoms with van der Waals surface area (Å²) in [6, 6.07) is 12.5. The van der Waals surface area contributed by atoms with Crippen molar-refractivity contribution in [2.24, 2.45) is 5.41 Å². The lowest BCUT2D eigenvalue weighted by atomic mass is 9.82. The van der Waals surface area contributed by atoms with Crippen molar-refractivity contribution in [2.45, 2.75) is 69.2 Å². The van der Waals surface area contributed by atoms with Crippen LogP contribution in [-0.2, 0) is 0 Å². The molecule has 0 unspecified atom stereocenters. The van der Waals surface area contributed by atoms with E-state index < -0.39 is 5.41 Å². The summed E-state index contributed by atoms with van der Waals surface area (Å²) in [5, 5.41) is 56.8. The molecule has 0 heterocycles. The van der Waals surface area contributed by atoms with Crippen molar-refractivity contribution in [1.29, 1.82) is 36.8 Å². The lowest BCUT2D eigenvalue weighted by Crippen LogP contribution is -2.15. The van der Waals surface area contributed by atoms with Gasteiger partial charge >= 0.3 is 0 Å². The minimum Gasteiger partial charge on any atom is -0.198 e. The fourth-order valence-electron chi connectivity index (χ4n) is 0.948. The van der Waals surface area contributed by atoms with Crippen LogP contribution in [0.25, 0.3) is 0 Å². The lowest BCUT2D eigenvalue weighted by Gasteiger charge is -2.13. The minimum absolute atomic E-state index is 0. The van der Waals surface area contributed by atoms with E-state index in [-0.39, 0.29) is 69.2 Å². The first-order chi connectivity index (χ1) is 10.6. The Bertz CT molecular complexity index is 556. The van der Waals surface area contributed by atoms with Crippen LogP contribution in [0.2, 0.25) is 0 Å². The third kappa shape index (κ3) is 39.2. The van der Waals surface area contributed by atoms with E-state index in [0.717, 1.165) is 0 Å². The molecule has 0 N–H and O–H groups in total. The van der Waals surface area contributed by atoms with E-state index in [0.29, 0.717) is 0 Å². The van der Waals surface area contributed by atoms with Crippen LogP contribution < -0.4 is 0 Å². The van der Waals surface area contributed by atoms with Crippen molar-refractivity contribution in [1.82, 2.24) is 0 Å². The lowest BCUT2D eigenvalue weighted by molar-refractivity contribution is 0.451. The molecule has 0 aliphatic rings. The maximum absolute atomic E-state index is 8.74. The first kappa shape index (κ1) is 49.5. The normalized spacial score (nSPS) is 5.67. The molecule has 0 aromatic carbocycles. The molecule has 27 heavy (non-hydrogen) atoms. The van der Waals surface area contributed by atoms with Crippen LogP contribution in [0.3, 0.4) is 0 Å². The molecule has 148 valence electrons. The molecule has 0 rings (SSSR count). The Morgan fingerprint density at radius 2 is 0.926 bits per heavy atom. The second-order valence-electron chi connectivity index (χ2n) is 3.45. The minimum atomic E-state index is -1.15. The summed E-state index contributed by atoms with van der Waals surface area (Å²) < 4.78 is 0. The maximum atomic E-state index is 8.74. The highest BCUT2D eigenvalue weighted by Gasteiger charge is 2.28. The number of nitrogens with zero attached hydrogens (tertiary/aromatic N) is 7. The van der Waals surface area contributed by atoms with Gasteiger partial charge in [0.2, 0.25) is 0 Å². The van der Waals surface area contributed by atoms with E-state index in [1.54, 1.807) is 18.2 Å². The van der Waals surface area contributed by atoms with Crippen LogP contribution in [-0.4, -0.2) is 0 Å².